The Labute approximate surface area is 147 Å². The smallest absolute Gasteiger partial charge is 0.193 e. The number of benzene rings is 1. The minimum atomic E-state index is 0. The van der Waals surface area contributed by atoms with Crippen LogP contribution < -0.4 is 15.8 Å². The van der Waals surface area contributed by atoms with Crippen molar-refractivity contribution in [2.45, 2.75) is 13.3 Å². The number of nitrogens with two attached hydrogens (primary N) is 1. The van der Waals surface area contributed by atoms with Crippen LogP contribution in [0.2, 0.25) is 5.02 Å². The summed E-state index contributed by atoms with van der Waals surface area (Å²) < 4.78 is 10.5. The first-order valence-corrected chi connectivity index (χ1v) is 6.88. The molecule has 7 heteroatoms. The third kappa shape index (κ3) is 5.19. The van der Waals surface area contributed by atoms with E-state index in [1.165, 1.54) is 0 Å². The number of halogens is 2. The molecule has 5 nitrogen and oxygen atoms in total. The van der Waals surface area contributed by atoms with Crippen LogP contribution in [0.15, 0.2) is 23.2 Å². The van der Waals surface area contributed by atoms with Gasteiger partial charge in [0.05, 0.1) is 25.3 Å². The van der Waals surface area contributed by atoms with Crippen LogP contribution in [-0.2, 0) is 4.74 Å². The van der Waals surface area contributed by atoms with Gasteiger partial charge >= 0.3 is 0 Å². The quantitative estimate of drug-likeness (QED) is 0.442. The fourth-order valence-electron chi connectivity index (χ4n) is 2.04. The first kappa shape index (κ1) is 18.3. The molecule has 2 rings (SSSR count). The number of nitrogens with one attached hydrogen (secondary N) is 1. The second-order valence-corrected chi connectivity index (χ2v) is 5.70. The highest BCUT2D eigenvalue weighted by Crippen LogP contribution is 2.28. The van der Waals surface area contributed by atoms with Gasteiger partial charge in [-0.05, 0) is 24.6 Å². The standard InChI is InChI=1S/C14H20ClN3O2.HI/c1-14(5-6-20-9-14)8-17-13(16)18-10-3-4-12(19-2)11(15)7-10;/h3-4,7H,5-6,8-9H2,1-2H3,(H3,16,17,18);1H. The molecule has 3 N–H and O–H groups in total. The molecule has 0 aliphatic carbocycles. The number of aliphatic imine (C=N–C) groups is 1. The molecule has 1 unspecified atom stereocenters. The molecule has 118 valence electrons. The second-order valence-electron chi connectivity index (χ2n) is 5.29. The summed E-state index contributed by atoms with van der Waals surface area (Å²) in [6, 6.07) is 5.38. The predicted molar refractivity (Wildman–Crippen MR) is 97.1 cm³/mol. The van der Waals surface area contributed by atoms with Gasteiger partial charge < -0.3 is 20.5 Å². The maximum Gasteiger partial charge on any atom is 0.193 e. The number of hydrogen-bond acceptors (Lipinski definition) is 3. The average Bonchev–Trinajstić information content (AvgIpc) is 2.84. The van der Waals surface area contributed by atoms with E-state index in [1.54, 1.807) is 19.2 Å². The van der Waals surface area contributed by atoms with Crippen molar-refractivity contribution in [1.29, 1.82) is 0 Å². The van der Waals surface area contributed by atoms with Gasteiger partial charge in [0.1, 0.15) is 5.75 Å². The van der Waals surface area contributed by atoms with Crippen LogP contribution in [0.4, 0.5) is 5.69 Å². The summed E-state index contributed by atoms with van der Waals surface area (Å²) >= 11 is 6.05. The molecule has 1 aromatic carbocycles. The molecule has 0 bridgehead atoms. The Bertz CT molecular complexity index is 505. The normalized spacial score (nSPS) is 21.8. The highest BCUT2D eigenvalue weighted by molar-refractivity contribution is 14.0. The summed E-state index contributed by atoms with van der Waals surface area (Å²) in [6.07, 6.45) is 1.01. The summed E-state index contributed by atoms with van der Waals surface area (Å²) in [7, 11) is 1.58. The number of methoxy groups -OCH3 is 1. The van der Waals surface area contributed by atoms with E-state index < -0.39 is 0 Å². The van der Waals surface area contributed by atoms with E-state index in [4.69, 9.17) is 26.8 Å². The Hall–Kier alpha value is -0.730. The number of rotatable bonds is 4. The molecule has 1 aliphatic rings. The lowest BCUT2D eigenvalue weighted by molar-refractivity contribution is 0.163. The van der Waals surface area contributed by atoms with Gasteiger partial charge in [0.15, 0.2) is 5.96 Å². The second kappa shape index (κ2) is 8.05. The van der Waals surface area contributed by atoms with Gasteiger partial charge in [-0.3, -0.25) is 4.99 Å². The van der Waals surface area contributed by atoms with E-state index in [0.717, 1.165) is 25.3 Å². The number of ether oxygens (including phenoxy) is 2. The van der Waals surface area contributed by atoms with Crippen LogP contribution in [-0.4, -0.2) is 32.8 Å². The van der Waals surface area contributed by atoms with Crippen molar-refractivity contribution in [2.24, 2.45) is 16.1 Å². The van der Waals surface area contributed by atoms with Crippen LogP contribution in [0, 0.1) is 5.41 Å². The third-order valence-corrected chi connectivity index (χ3v) is 3.65. The summed E-state index contributed by atoms with van der Waals surface area (Å²) in [5, 5.41) is 3.55. The molecular weight excluding hydrogens is 405 g/mol. The van der Waals surface area contributed by atoms with E-state index >= 15 is 0 Å². The molecule has 0 amide bonds. The zero-order valence-corrected chi connectivity index (χ0v) is 15.3. The fourth-order valence-corrected chi connectivity index (χ4v) is 2.30. The van der Waals surface area contributed by atoms with Crippen molar-refractivity contribution in [3.63, 3.8) is 0 Å². The third-order valence-electron chi connectivity index (χ3n) is 3.36. The lowest BCUT2D eigenvalue weighted by Crippen LogP contribution is -2.27. The lowest BCUT2D eigenvalue weighted by atomic mass is 9.90. The molecule has 1 atom stereocenters. The summed E-state index contributed by atoms with van der Waals surface area (Å²) in [6.45, 7) is 4.34. The Morgan fingerprint density at radius 1 is 1.57 bits per heavy atom. The minimum Gasteiger partial charge on any atom is -0.495 e. The van der Waals surface area contributed by atoms with Crippen molar-refractivity contribution in [2.75, 3.05) is 32.2 Å². The lowest BCUT2D eigenvalue weighted by Gasteiger charge is -2.18. The first-order valence-electron chi connectivity index (χ1n) is 6.51. The SMILES string of the molecule is COc1ccc(NC(N)=NCC2(C)CCOC2)cc1Cl.I. The zero-order chi connectivity index (χ0) is 14.6. The maximum atomic E-state index is 6.05. The molecule has 0 spiro atoms. The molecule has 1 fully saturated rings. The van der Waals surface area contributed by atoms with Gasteiger partial charge in [-0.2, -0.15) is 0 Å². The monoisotopic (exact) mass is 425 g/mol. The van der Waals surface area contributed by atoms with Gasteiger partial charge in [-0.25, -0.2) is 0 Å². The van der Waals surface area contributed by atoms with Crippen molar-refractivity contribution < 1.29 is 9.47 Å². The van der Waals surface area contributed by atoms with Gasteiger partial charge in [0.25, 0.3) is 0 Å². The highest BCUT2D eigenvalue weighted by Gasteiger charge is 2.29. The van der Waals surface area contributed by atoms with Crippen LogP contribution in [0.3, 0.4) is 0 Å². The highest BCUT2D eigenvalue weighted by atomic mass is 127. The number of anilines is 1. The molecule has 1 aliphatic heterocycles. The molecule has 0 aromatic heterocycles. The van der Waals surface area contributed by atoms with E-state index in [9.17, 15) is 0 Å². The number of nitrogens with zero attached hydrogens (tertiary/aromatic N) is 1. The van der Waals surface area contributed by atoms with E-state index in [1.807, 2.05) is 6.07 Å². The van der Waals surface area contributed by atoms with E-state index in [0.29, 0.717) is 23.3 Å². The maximum absolute atomic E-state index is 6.05. The average molecular weight is 426 g/mol. The van der Waals surface area contributed by atoms with Crippen molar-refractivity contribution in [1.82, 2.24) is 0 Å². The Kier molecular flexibility index (Phi) is 7.02. The zero-order valence-electron chi connectivity index (χ0n) is 12.2. The summed E-state index contributed by atoms with van der Waals surface area (Å²) in [4.78, 5) is 4.37. The minimum absolute atomic E-state index is 0. The molecule has 1 aromatic rings. The van der Waals surface area contributed by atoms with Gasteiger partial charge in [0.2, 0.25) is 0 Å². The molecule has 0 saturated carbocycles. The topological polar surface area (TPSA) is 68.9 Å². The van der Waals surface area contributed by atoms with Crippen LogP contribution >= 0.6 is 35.6 Å². The number of guanidine groups is 1. The molecule has 1 saturated heterocycles. The molecular formula is C14H21ClIN3O2. The van der Waals surface area contributed by atoms with Crippen molar-refractivity contribution in [3.05, 3.63) is 23.2 Å². The number of hydrogen-bond donors (Lipinski definition) is 2. The largest absolute Gasteiger partial charge is 0.495 e. The van der Waals surface area contributed by atoms with Crippen molar-refractivity contribution in [3.8, 4) is 5.75 Å². The summed E-state index contributed by atoms with van der Waals surface area (Å²) in [5.41, 5.74) is 6.76. The molecule has 1 heterocycles. The van der Waals surface area contributed by atoms with Crippen LogP contribution in [0.1, 0.15) is 13.3 Å². The van der Waals surface area contributed by atoms with Gasteiger partial charge in [0, 0.05) is 17.7 Å². The van der Waals surface area contributed by atoms with E-state index in [-0.39, 0.29) is 29.4 Å². The van der Waals surface area contributed by atoms with E-state index in [2.05, 4.69) is 17.2 Å². The Morgan fingerprint density at radius 3 is 2.90 bits per heavy atom. The predicted octanol–water partition coefficient (Wildman–Crippen LogP) is 3.12. The molecule has 0 radical (unpaired) electrons. The fraction of sp³-hybridized carbons (Fsp3) is 0.500. The van der Waals surface area contributed by atoms with Crippen molar-refractivity contribution >= 4 is 47.2 Å². The van der Waals surface area contributed by atoms with Crippen LogP contribution in [0.25, 0.3) is 0 Å². The Balaban J connectivity index is 0.00000220. The van der Waals surface area contributed by atoms with Gasteiger partial charge in [-0.1, -0.05) is 18.5 Å². The van der Waals surface area contributed by atoms with Gasteiger partial charge in [-0.15, -0.1) is 24.0 Å². The van der Waals surface area contributed by atoms with Crippen LogP contribution in [0.5, 0.6) is 5.75 Å². The Morgan fingerprint density at radius 2 is 2.33 bits per heavy atom. The molecule has 21 heavy (non-hydrogen) atoms. The summed E-state index contributed by atoms with van der Waals surface area (Å²) in [5.74, 6) is 1.00. The first-order chi connectivity index (χ1) is 9.52.